The highest BCUT2D eigenvalue weighted by molar-refractivity contribution is 5.85. The molecule has 0 saturated carbocycles. The van der Waals surface area contributed by atoms with E-state index in [4.69, 9.17) is 0 Å². The zero-order valence-electron chi connectivity index (χ0n) is 18.0. The van der Waals surface area contributed by atoms with E-state index < -0.39 is 23.3 Å². The van der Waals surface area contributed by atoms with Crippen LogP contribution < -0.4 is 9.67 Å². The molecule has 0 spiro atoms. The van der Waals surface area contributed by atoms with Crippen molar-refractivity contribution in [2.24, 2.45) is 0 Å². The van der Waals surface area contributed by atoms with Gasteiger partial charge in [-0.15, -0.1) is 0 Å². The predicted octanol–water partition coefficient (Wildman–Crippen LogP) is 4.31. The molecule has 0 unspecified atom stereocenters. The van der Waals surface area contributed by atoms with Crippen LogP contribution in [0.15, 0.2) is 48.5 Å². The largest absolute Gasteiger partial charge is 0.545 e. The first-order valence-electron chi connectivity index (χ1n) is 10.3. The second kappa shape index (κ2) is 7.93. The molecule has 2 aromatic carbocycles. The lowest BCUT2D eigenvalue weighted by molar-refractivity contribution is -0.702. The van der Waals surface area contributed by atoms with Crippen molar-refractivity contribution in [1.29, 1.82) is 0 Å². The number of aliphatic carboxylic acids is 1. The first-order chi connectivity index (χ1) is 15.0. The number of rotatable bonds is 5. The lowest BCUT2D eigenvalue weighted by Crippen LogP contribution is -2.47. The molecular weight excluding hydrogens is 415 g/mol. The van der Waals surface area contributed by atoms with Crippen molar-refractivity contribution < 1.29 is 27.6 Å². The van der Waals surface area contributed by atoms with Crippen LogP contribution in [0.5, 0.6) is 0 Å². The predicted molar refractivity (Wildman–Crippen MR) is 114 cm³/mol. The molecule has 0 N–H and O–H groups in total. The van der Waals surface area contributed by atoms with E-state index >= 15 is 8.78 Å². The van der Waals surface area contributed by atoms with Crippen molar-refractivity contribution in [2.45, 2.75) is 39.4 Å². The van der Waals surface area contributed by atoms with Crippen molar-refractivity contribution in [2.75, 3.05) is 0 Å². The number of carboxylic acids is 1. The van der Waals surface area contributed by atoms with Gasteiger partial charge in [0.15, 0.2) is 17.9 Å². The highest BCUT2D eigenvalue weighted by Crippen LogP contribution is 2.42. The number of hydrogen-bond acceptors (Lipinski definition) is 2. The molecule has 164 valence electrons. The van der Waals surface area contributed by atoms with Gasteiger partial charge in [-0.1, -0.05) is 30.3 Å². The Morgan fingerprint density at radius 1 is 1.12 bits per heavy atom. The quantitative estimate of drug-likeness (QED) is 0.345. The Morgan fingerprint density at radius 3 is 2.41 bits per heavy atom. The Balaban J connectivity index is 2.00. The van der Waals surface area contributed by atoms with Gasteiger partial charge in [-0.3, -0.25) is 0 Å². The van der Waals surface area contributed by atoms with E-state index in [1.807, 2.05) is 30.3 Å². The maximum atomic E-state index is 15.3. The van der Waals surface area contributed by atoms with Gasteiger partial charge in [0.25, 0.3) is 0 Å². The minimum absolute atomic E-state index is 0.0536. The second-order valence-electron chi connectivity index (χ2n) is 8.68. The third kappa shape index (κ3) is 4.05. The lowest BCUT2D eigenvalue weighted by atomic mass is 9.96. The third-order valence-corrected chi connectivity index (χ3v) is 5.58. The van der Waals surface area contributed by atoms with Crippen LogP contribution in [0.25, 0.3) is 28.5 Å². The van der Waals surface area contributed by atoms with Gasteiger partial charge in [0.2, 0.25) is 5.69 Å². The average Bonchev–Trinajstić information content (AvgIpc) is 3.05. The number of aromatic nitrogens is 1. The number of carbonyl (C=O) groups is 1. The number of fused-ring (bicyclic) bond motifs is 3. The number of halogens is 3. The summed E-state index contributed by atoms with van der Waals surface area (Å²) in [6.07, 6.45) is 2.25. The summed E-state index contributed by atoms with van der Waals surface area (Å²) in [7, 11) is 0. The van der Waals surface area contributed by atoms with Crippen molar-refractivity contribution in [1.82, 2.24) is 0 Å². The molecule has 1 aromatic heterocycles. The number of carboxylic acid groups (broad SMARTS) is 1. The minimum Gasteiger partial charge on any atom is -0.545 e. The summed E-state index contributed by atoms with van der Waals surface area (Å²) in [5, 5.41) is 10.7. The van der Waals surface area contributed by atoms with Crippen LogP contribution in [-0.2, 0) is 17.8 Å². The first kappa shape index (κ1) is 21.8. The average molecular weight is 437 g/mol. The number of alkyl halides is 1. The Hall–Kier alpha value is -3.41. The molecule has 3 nitrogen and oxygen atoms in total. The molecule has 1 heterocycles. The molecule has 0 aliphatic heterocycles. The van der Waals surface area contributed by atoms with Crippen LogP contribution in [0.3, 0.4) is 0 Å². The zero-order valence-corrected chi connectivity index (χ0v) is 18.0. The number of hydrogen-bond donors (Lipinski definition) is 0. The van der Waals surface area contributed by atoms with Crippen molar-refractivity contribution in [3.05, 3.63) is 82.6 Å². The molecule has 1 aliphatic rings. The van der Waals surface area contributed by atoms with Crippen LogP contribution in [0.1, 0.15) is 36.2 Å². The fourth-order valence-electron chi connectivity index (χ4n) is 4.33. The number of carbonyl (C=O) groups excluding carboxylic acids is 1. The topological polar surface area (TPSA) is 44.0 Å². The van der Waals surface area contributed by atoms with E-state index in [1.165, 1.54) is 13.8 Å². The summed E-state index contributed by atoms with van der Waals surface area (Å²) in [5.74, 6) is -3.17. The normalized spacial score (nSPS) is 12.8. The summed E-state index contributed by atoms with van der Waals surface area (Å²) in [6.45, 7) is 4.56. The van der Waals surface area contributed by atoms with Crippen LogP contribution in [0.2, 0.25) is 0 Å². The van der Waals surface area contributed by atoms with Gasteiger partial charge in [-0.25, -0.2) is 13.2 Å². The highest BCUT2D eigenvalue weighted by atomic mass is 19.1. The summed E-state index contributed by atoms with van der Waals surface area (Å²) in [4.78, 5) is 10.7. The van der Waals surface area contributed by atoms with Crippen LogP contribution in [0, 0.1) is 18.6 Å². The van der Waals surface area contributed by atoms with E-state index in [-0.39, 0.29) is 17.7 Å². The number of pyridine rings is 1. The molecule has 0 saturated heterocycles. The highest BCUT2D eigenvalue weighted by Gasteiger charge is 2.36. The van der Waals surface area contributed by atoms with E-state index in [0.717, 1.165) is 40.5 Å². The maximum Gasteiger partial charge on any atom is 0.222 e. The number of benzene rings is 2. The van der Waals surface area contributed by atoms with Gasteiger partial charge in [-0.2, -0.15) is 4.57 Å². The molecule has 0 radical (unpaired) electrons. The van der Waals surface area contributed by atoms with Crippen LogP contribution in [0.4, 0.5) is 13.2 Å². The SMILES string of the molecule is Cc1cc2c(c(-c3c(F)cc(/C=C/C(=O)[O-])cc3F)[n+]1CC(C)(C)F)Cc1ccccc1-2. The summed E-state index contributed by atoms with van der Waals surface area (Å²) in [6, 6.07) is 11.8. The van der Waals surface area contributed by atoms with E-state index in [0.29, 0.717) is 23.9 Å². The van der Waals surface area contributed by atoms with Crippen LogP contribution >= 0.6 is 0 Å². The van der Waals surface area contributed by atoms with Crippen LogP contribution in [-0.4, -0.2) is 11.6 Å². The second-order valence-corrected chi connectivity index (χ2v) is 8.68. The smallest absolute Gasteiger partial charge is 0.222 e. The molecular formula is C26H22F3NO2. The molecule has 1 aliphatic carbocycles. The molecule has 32 heavy (non-hydrogen) atoms. The summed E-state index contributed by atoms with van der Waals surface area (Å²) < 4.78 is 47.0. The summed E-state index contributed by atoms with van der Waals surface area (Å²) in [5.41, 5.74) is 2.80. The molecule has 3 aromatic rings. The van der Waals surface area contributed by atoms with Gasteiger partial charge in [-0.05, 0) is 54.3 Å². The number of nitrogens with zero attached hydrogens (tertiary/aromatic N) is 1. The molecule has 6 heteroatoms. The molecule has 0 amide bonds. The Bertz CT molecular complexity index is 1250. The van der Waals surface area contributed by atoms with Gasteiger partial charge in [0.05, 0.1) is 5.97 Å². The monoisotopic (exact) mass is 437 g/mol. The summed E-state index contributed by atoms with van der Waals surface area (Å²) >= 11 is 0. The van der Waals surface area contributed by atoms with Crippen molar-refractivity contribution >= 4 is 12.0 Å². The minimum atomic E-state index is -1.62. The molecule has 0 atom stereocenters. The molecule has 0 fully saturated rings. The third-order valence-electron chi connectivity index (χ3n) is 5.58. The number of aryl methyl sites for hydroxylation is 1. The Labute approximate surface area is 184 Å². The van der Waals surface area contributed by atoms with E-state index in [9.17, 15) is 14.3 Å². The lowest BCUT2D eigenvalue weighted by Gasteiger charge is -2.18. The van der Waals surface area contributed by atoms with Gasteiger partial charge in [0, 0.05) is 25.0 Å². The van der Waals surface area contributed by atoms with Crippen molar-refractivity contribution in [3.63, 3.8) is 0 Å². The molecule has 4 rings (SSSR count). The zero-order chi connectivity index (χ0) is 23.2. The Morgan fingerprint density at radius 2 is 1.78 bits per heavy atom. The van der Waals surface area contributed by atoms with Gasteiger partial charge >= 0.3 is 0 Å². The van der Waals surface area contributed by atoms with Gasteiger partial charge in [0.1, 0.15) is 17.2 Å². The van der Waals surface area contributed by atoms with E-state index in [2.05, 4.69) is 0 Å². The first-order valence-corrected chi connectivity index (χ1v) is 10.3. The van der Waals surface area contributed by atoms with E-state index in [1.54, 1.807) is 11.5 Å². The van der Waals surface area contributed by atoms with Crippen molar-refractivity contribution in [3.8, 4) is 22.4 Å². The molecule has 0 bridgehead atoms. The maximum absolute atomic E-state index is 15.3. The standard InChI is InChI=1S/C26H22F3NO2/c1-15-10-19-18-7-5-4-6-17(18)13-20(19)25(30(15)14-26(2,3)29)24-21(27)11-16(12-22(24)28)8-9-23(31)32/h4-12H,13-14H2,1-3H3/b9-8+. The van der Waals surface area contributed by atoms with Gasteiger partial charge < -0.3 is 9.90 Å². The fourth-order valence-corrected chi connectivity index (χ4v) is 4.33. The Kier molecular flexibility index (Phi) is 5.41. The fraction of sp³-hybridized carbons (Fsp3) is 0.231.